The van der Waals surface area contributed by atoms with Crippen molar-refractivity contribution in [3.63, 3.8) is 0 Å². The summed E-state index contributed by atoms with van der Waals surface area (Å²) in [6.45, 7) is 0.708. The molecule has 0 saturated carbocycles. The fourth-order valence-electron chi connectivity index (χ4n) is 1.70. The van der Waals surface area contributed by atoms with Gasteiger partial charge in [-0.3, -0.25) is 0 Å². The molecular formula is C13H15ClFN5O. The van der Waals surface area contributed by atoms with E-state index in [4.69, 9.17) is 22.2 Å². The molecule has 2 aromatic rings. The van der Waals surface area contributed by atoms with Crippen molar-refractivity contribution in [3.8, 4) is 0 Å². The van der Waals surface area contributed by atoms with Crippen LogP contribution < -0.4 is 16.6 Å². The number of ether oxygens (including phenoxy) is 1. The van der Waals surface area contributed by atoms with Crippen LogP contribution in [0.25, 0.3) is 0 Å². The SMILES string of the molecule is COCc1nc(NN)cc(NCc2ccc(F)c(Cl)c2)n1. The molecule has 0 unspecified atom stereocenters. The molecule has 8 heteroatoms. The standard InChI is InChI=1S/C13H15ClFN5O/c1-21-7-13-18-11(5-12(19-13)20-16)17-6-8-2-3-10(15)9(14)4-8/h2-5H,6-7,16H2,1H3,(H2,17,18,19,20). The molecule has 2 rings (SSSR count). The second kappa shape index (κ2) is 7.16. The fourth-order valence-corrected chi connectivity index (χ4v) is 1.90. The maximum absolute atomic E-state index is 13.1. The Labute approximate surface area is 126 Å². The zero-order valence-electron chi connectivity index (χ0n) is 11.4. The summed E-state index contributed by atoms with van der Waals surface area (Å²) in [5, 5.41) is 3.18. The molecule has 0 radical (unpaired) electrons. The van der Waals surface area contributed by atoms with E-state index < -0.39 is 5.82 Å². The van der Waals surface area contributed by atoms with Gasteiger partial charge in [-0.15, -0.1) is 0 Å². The van der Waals surface area contributed by atoms with E-state index in [-0.39, 0.29) is 11.6 Å². The lowest BCUT2D eigenvalue weighted by molar-refractivity contribution is 0.178. The van der Waals surface area contributed by atoms with Crippen LogP contribution >= 0.6 is 11.6 Å². The first-order valence-corrected chi connectivity index (χ1v) is 6.51. The summed E-state index contributed by atoms with van der Waals surface area (Å²) < 4.78 is 18.1. The Morgan fingerprint density at radius 2 is 2.05 bits per heavy atom. The third kappa shape index (κ3) is 4.25. The number of methoxy groups -OCH3 is 1. The molecule has 0 fully saturated rings. The molecule has 0 amide bonds. The summed E-state index contributed by atoms with van der Waals surface area (Å²) >= 11 is 5.74. The number of nitrogen functional groups attached to an aromatic ring is 1. The monoisotopic (exact) mass is 311 g/mol. The molecule has 0 bridgehead atoms. The summed E-state index contributed by atoms with van der Waals surface area (Å²) in [4.78, 5) is 8.42. The maximum atomic E-state index is 13.1. The van der Waals surface area contributed by atoms with Gasteiger partial charge < -0.3 is 15.5 Å². The molecule has 6 nitrogen and oxygen atoms in total. The Bertz CT molecular complexity index is 626. The Morgan fingerprint density at radius 1 is 1.29 bits per heavy atom. The van der Waals surface area contributed by atoms with Gasteiger partial charge in [0, 0.05) is 19.7 Å². The van der Waals surface area contributed by atoms with Crippen LogP contribution in [0.1, 0.15) is 11.4 Å². The van der Waals surface area contributed by atoms with E-state index in [1.54, 1.807) is 25.3 Å². The molecule has 0 spiro atoms. The minimum Gasteiger partial charge on any atom is -0.377 e. The van der Waals surface area contributed by atoms with Crippen molar-refractivity contribution in [1.29, 1.82) is 0 Å². The topological polar surface area (TPSA) is 85.1 Å². The van der Waals surface area contributed by atoms with Crippen molar-refractivity contribution in [2.45, 2.75) is 13.2 Å². The summed E-state index contributed by atoms with van der Waals surface area (Å²) in [6, 6.07) is 6.18. The van der Waals surface area contributed by atoms with Gasteiger partial charge in [-0.2, -0.15) is 0 Å². The average Bonchev–Trinajstić information content (AvgIpc) is 2.48. The third-order valence-electron chi connectivity index (χ3n) is 2.65. The predicted molar refractivity (Wildman–Crippen MR) is 79.3 cm³/mol. The number of rotatable bonds is 6. The van der Waals surface area contributed by atoms with Crippen molar-refractivity contribution in [1.82, 2.24) is 9.97 Å². The first-order valence-electron chi connectivity index (χ1n) is 6.13. The number of aromatic nitrogens is 2. The van der Waals surface area contributed by atoms with Gasteiger partial charge in [-0.05, 0) is 17.7 Å². The molecule has 21 heavy (non-hydrogen) atoms. The zero-order valence-corrected chi connectivity index (χ0v) is 12.1. The van der Waals surface area contributed by atoms with E-state index >= 15 is 0 Å². The lowest BCUT2D eigenvalue weighted by Gasteiger charge is -2.10. The van der Waals surface area contributed by atoms with Crippen molar-refractivity contribution in [3.05, 3.63) is 46.5 Å². The molecule has 1 aromatic heterocycles. The van der Waals surface area contributed by atoms with Crippen LogP contribution in [0.2, 0.25) is 5.02 Å². The number of hydrazine groups is 1. The highest BCUT2D eigenvalue weighted by atomic mass is 35.5. The number of anilines is 2. The van der Waals surface area contributed by atoms with Crippen molar-refractivity contribution in [2.75, 3.05) is 17.9 Å². The van der Waals surface area contributed by atoms with Gasteiger partial charge in [0.15, 0.2) is 5.82 Å². The van der Waals surface area contributed by atoms with Crippen molar-refractivity contribution in [2.24, 2.45) is 5.84 Å². The number of nitrogens with zero attached hydrogens (tertiary/aromatic N) is 2. The van der Waals surface area contributed by atoms with Crippen molar-refractivity contribution >= 4 is 23.2 Å². The fraction of sp³-hybridized carbons (Fsp3) is 0.231. The second-order valence-electron chi connectivity index (χ2n) is 4.23. The lowest BCUT2D eigenvalue weighted by atomic mass is 10.2. The van der Waals surface area contributed by atoms with Gasteiger partial charge in [0.1, 0.15) is 24.1 Å². The second-order valence-corrected chi connectivity index (χ2v) is 4.64. The number of halogens is 2. The van der Waals surface area contributed by atoms with E-state index in [2.05, 4.69) is 20.7 Å². The van der Waals surface area contributed by atoms with Crippen LogP contribution in [-0.2, 0) is 17.9 Å². The van der Waals surface area contributed by atoms with Gasteiger partial charge in [-0.25, -0.2) is 20.2 Å². The van der Waals surface area contributed by atoms with Crippen LogP contribution in [0.5, 0.6) is 0 Å². The van der Waals surface area contributed by atoms with Crippen LogP contribution in [0.4, 0.5) is 16.0 Å². The Kier molecular flexibility index (Phi) is 5.26. The van der Waals surface area contributed by atoms with E-state index in [1.807, 2.05) is 0 Å². The van der Waals surface area contributed by atoms with Crippen molar-refractivity contribution < 1.29 is 9.13 Å². The smallest absolute Gasteiger partial charge is 0.158 e. The molecule has 1 heterocycles. The summed E-state index contributed by atoms with van der Waals surface area (Å²) in [7, 11) is 1.56. The van der Waals surface area contributed by atoms with E-state index in [0.717, 1.165) is 5.56 Å². The Hall–Kier alpha value is -1.96. The van der Waals surface area contributed by atoms with Crippen LogP contribution in [0.3, 0.4) is 0 Å². The van der Waals surface area contributed by atoms with Crippen LogP contribution in [0.15, 0.2) is 24.3 Å². The summed E-state index contributed by atoms with van der Waals surface area (Å²) in [6.07, 6.45) is 0. The van der Waals surface area contributed by atoms with Gasteiger partial charge in [0.05, 0.1) is 5.02 Å². The van der Waals surface area contributed by atoms with E-state index in [0.29, 0.717) is 24.0 Å². The maximum Gasteiger partial charge on any atom is 0.158 e. The molecule has 0 saturated heterocycles. The first kappa shape index (κ1) is 15.4. The van der Waals surface area contributed by atoms with Gasteiger partial charge in [-0.1, -0.05) is 17.7 Å². The minimum absolute atomic E-state index is 0.0846. The molecule has 0 aliphatic rings. The lowest BCUT2D eigenvalue weighted by Crippen LogP contribution is -2.12. The number of hydrogen-bond acceptors (Lipinski definition) is 6. The highest BCUT2D eigenvalue weighted by Gasteiger charge is 2.05. The Morgan fingerprint density at radius 3 is 2.71 bits per heavy atom. The molecule has 0 aliphatic carbocycles. The highest BCUT2D eigenvalue weighted by molar-refractivity contribution is 6.30. The minimum atomic E-state index is -0.445. The highest BCUT2D eigenvalue weighted by Crippen LogP contribution is 2.17. The molecule has 4 N–H and O–H groups in total. The molecule has 0 atom stereocenters. The van der Waals surface area contributed by atoms with Crippen LogP contribution in [-0.4, -0.2) is 17.1 Å². The summed E-state index contributed by atoms with van der Waals surface area (Å²) in [5.74, 6) is 6.45. The third-order valence-corrected chi connectivity index (χ3v) is 2.94. The van der Waals surface area contributed by atoms with E-state index in [9.17, 15) is 4.39 Å². The number of hydrogen-bond donors (Lipinski definition) is 3. The largest absolute Gasteiger partial charge is 0.377 e. The molecular weight excluding hydrogens is 297 g/mol. The van der Waals surface area contributed by atoms with Crippen LogP contribution in [0, 0.1) is 5.82 Å². The van der Waals surface area contributed by atoms with Gasteiger partial charge in [0.2, 0.25) is 0 Å². The predicted octanol–water partition coefficient (Wildman–Crippen LogP) is 2.31. The summed E-state index contributed by atoms with van der Waals surface area (Å²) in [5.41, 5.74) is 3.29. The number of nitrogens with one attached hydrogen (secondary N) is 2. The zero-order chi connectivity index (χ0) is 15.2. The number of benzene rings is 1. The molecule has 112 valence electrons. The first-order chi connectivity index (χ1) is 10.1. The molecule has 0 aliphatic heterocycles. The normalized spacial score (nSPS) is 10.5. The van der Waals surface area contributed by atoms with Gasteiger partial charge in [0.25, 0.3) is 0 Å². The Balaban J connectivity index is 2.11. The van der Waals surface area contributed by atoms with E-state index in [1.165, 1.54) is 6.07 Å². The average molecular weight is 312 g/mol. The number of nitrogens with two attached hydrogens (primary N) is 1. The van der Waals surface area contributed by atoms with Gasteiger partial charge >= 0.3 is 0 Å². The quantitative estimate of drug-likeness (QED) is 0.561. The molecule has 1 aromatic carbocycles.